The van der Waals surface area contributed by atoms with Gasteiger partial charge in [-0.2, -0.15) is 0 Å². The zero-order valence-electron chi connectivity index (χ0n) is 21.9. The summed E-state index contributed by atoms with van der Waals surface area (Å²) in [5.41, 5.74) is 0.816. The molecular formula is C28H31ClFN3O5S. The highest BCUT2D eigenvalue weighted by Gasteiger charge is 2.33. The van der Waals surface area contributed by atoms with Crippen LogP contribution in [-0.2, 0) is 26.2 Å². The lowest BCUT2D eigenvalue weighted by atomic mass is 10.1. The minimum atomic E-state index is -4.23. The Morgan fingerprint density at radius 1 is 0.974 bits per heavy atom. The van der Waals surface area contributed by atoms with Gasteiger partial charge in [-0.15, -0.1) is 0 Å². The van der Waals surface area contributed by atoms with E-state index in [1.54, 1.807) is 31.2 Å². The summed E-state index contributed by atoms with van der Waals surface area (Å²) in [5, 5.41) is 2.92. The molecule has 0 saturated heterocycles. The smallest absolute Gasteiger partial charge is 0.264 e. The van der Waals surface area contributed by atoms with Crippen LogP contribution in [0.2, 0.25) is 5.02 Å². The van der Waals surface area contributed by atoms with E-state index in [2.05, 4.69) is 5.32 Å². The molecule has 8 nitrogen and oxygen atoms in total. The second-order valence-electron chi connectivity index (χ2n) is 8.58. The van der Waals surface area contributed by atoms with Crippen molar-refractivity contribution in [3.8, 4) is 5.75 Å². The predicted molar refractivity (Wildman–Crippen MR) is 149 cm³/mol. The maximum Gasteiger partial charge on any atom is 0.264 e. The van der Waals surface area contributed by atoms with Gasteiger partial charge in [0, 0.05) is 18.6 Å². The van der Waals surface area contributed by atoms with Crippen LogP contribution >= 0.6 is 11.6 Å². The SMILES string of the molecule is CCOc1ccc(N(CC(=O)N(Cc2ccc(F)cc2)[C@H](CC)C(=O)NC)S(=O)(=O)c2ccc(Cl)cc2)cc1. The lowest BCUT2D eigenvalue weighted by Gasteiger charge is -2.33. The van der Waals surface area contributed by atoms with Crippen molar-refractivity contribution in [2.75, 3.05) is 24.5 Å². The number of nitrogens with zero attached hydrogens (tertiary/aromatic N) is 2. The number of nitrogens with one attached hydrogen (secondary N) is 1. The molecule has 0 aliphatic heterocycles. The van der Waals surface area contributed by atoms with E-state index in [-0.39, 0.29) is 23.5 Å². The second-order valence-corrected chi connectivity index (χ2v) is 10.9. The van der Waals surface area contributed by atoms with Gasteiger partial charge in [0.1, 0.15) is 24.2 Å². The third kappa shape index (κ3) is 7.48. The van der Waals surface area contributed by atoms with E-state index < -0.39 is 40.2 Å². The predicted octanol–water partition coefficient (Wildman–Crippen LogP) is 4.63. The Kier molecular flexibility index (Phi) is 10.3. The Bertz CT molecular complexity index is 1370. The Morgan fingerprint density at radius 3 is 2.13 bits per heavy atom. The Balaban J connectivity index is 2.05. The first-order valence-electron chi connectivity index (χ1n) is 12.4. The quantitative estimate of drug-likeness (QED) is 0.340. The number of sulfonamides is 1. The molecular weight excluding hydrogens is 545 g/mol. The van der Waals surface area contributed by atoms with Crippen LogP contribution in [0.15, 0.2) is 77.7 Å². The number of benzene rings is 3. The van der Waals surface area contributed by atoms with Gasteiger partial charge in [-0.1, -0.05) is 30.7 Å². The third-order valence-corrected chi connectivity index (χ3v) is 8.05. The van der Waals surface area contributed by atoms with Crippen LogP contribution in [0.3, 0.4) is 0 Å². The van der Waals surface area contributed by atoms with Crippen molar-refractivity contribution in [3.63, 3.8) is 0 Å². The topological polar surface area (TPSA) is 96.0 Å². The van der Waals surface area contributed by atoms with E-state index in [1.165, 1.54) is 60.5 Å². The summed E-state index contributed by atoms with van der Waals surface area (Å²) in [4.78, 5) is 27.8. The van der Waals surface area contributed by atoms with Gasteiger partial charge in [-0.25, -0.2) is 12.8 Å². The fraction of sp³-hybridized carbons (Fsp3) is 0.286. The number of hydrogen-bond acceptors (Lipinski definition) is 5. The molecule has 11 heteroatoms. The van der Waals surface area contributed by atoms with E-state index in [4.69, 9.17) is 16.3 Å². The van der Waals surface area contributed by atoms with Gasteiger partial charge >= 0.3 is 0 Å². The first kappa shape index (κ1) is 29.9. The Morgan fingerprint density at radius 2 is 1.59 bits per heavy atom. The summed E-state index contributed by atoms with van der Waals surface area (Å²) >= 11 is 5.97. The van der Waals surface area contributed by atoms with Crippen LogP contribution < -0.4 is 14.4 Å². The number of anilines is 1. The van der Waals surface area contributed by atoms with Gasteiger partial charge in [-0.05, 0) is 79.6 Å². The number of rotatable bonds is 12. The van der Waals surface area contributed by atoms with Crippen LogP contribution in [0.5, 0.6) is 5.75 Å². The van der Waals surface area contributed by atoms with Gasteiger partial charge in [-0.3, -0.25) is 13.9 Å². The molecule has 39 heavy (non-hydrogen) atoms. The summed E-state index contributed by atoms with van der Waals surface area (Å²) < 4.78 is 47.6. The Labute approximate surface area is 233 Å². The number of hydrogen-bond donors (Lipinski definition) is 1. The summed E-state index contributed by atoms with van der Waals surface area (Å²) in [5.74, 6) is -0.909. The maximum absolute atomic E-state index is 13.8. The zero-order chi connectivity index (χ0) is 28.6. The normalized spacial score (nSPS) is 11.9. The van der Waals surface area contributed by atoms with Crippen molar-refractivity contribution in [2.24, 2.45) is 0 Å². The molecule has 0 spiro atoms. The molecule has 0 fully saturated rings. The van der Waals surface area contributed by atoms with Gasteiger partial charge < -0.3 is 15.0 Å². The van der Waals surface area contributed by atoms with Crippen molar-refractivity contribution in [1.82, 2.24) is 10.2 Å². The van der Waals surface area contributed by atoms with Crippen LogP contribution in [0, 0.1) is 5.82 Å². The van der Waals surface area contributed by atoms with Crippen molar-refractivity contribution in [1.29, 1.82) is 0 Å². The van der Waals surface area contributed by atoms with Crippen molar-refractivity contribution >= 4 is 39.1 Å². The largest absolute Gasteiger partial charge is 0.494 e. The van der Waals surface area contributed by atoms with Gasteiger partial charge in [0.15, 0.2) is 0 Å². The highest BCUT2D eigenvalue weighted by molar-refractivity contribution is 7.92. The molecule has 0 aromatic heterocycles. The molecule has 0 aliphatic carbocycles. The zero-order valence-corrected chi connectivity index (χ0v) is 23.5. The van der Waals surface area contributed by atoms with Crippen molar-refractivity contribution < 1.29 is 27.1 Å². The second kappa shape index (κ2) is 13.4. The molecule has 0 saturated carbocycles. The molecule has 208 valence electrons. The molecule has 0 aliphatic rings. The highest BCUT2D eigenvalue weighted by atomic mass is 35.5. The summed E-state index contributed by atoms with van der Waals surface area (Å²) in [6, 6.07) is 16.6. The fourth-order valence-electron chi connectivity index (χ4n) is 4.01. The molecule has 3 rings (SSSR count). The van der Waals surface area contributed by atoms with E-state index >= 15 is 0 Å². The van der Waals surface area contributed by atoms with E-state index in [9.17, 15) is 22.4 Å². The number of amides is 2. The average Bonchev–Trinajstić information content (AvgIpc) is 2.93. The molecule has 2 amide bonds. The highest BCUT2D eigenvalue weighted by Crippen LogP contribution is 2.27. The van der Waals surface area contributed by atoms with Gasteiger partial charge in [0.25, 0.3) is 10.0 Å². The first-order valence-corrected chi connectivity index (χ1v) is 14.2. The van der Waals surface area contributed by atoms with Crippen molar-refractivity contribution in [2.45, 2.75) is 37.8 Å². The van der Waals surface area contributed by atoms with Crippen LogP contribution in [-0.4, -0.2) is 51.4 Å². The summed E-state index contributed by atoms with van der Waals surface area (Å²) in [6.07, 6.45) is 0.277. The molecule has 0 bridgehead atoms. The summed E-state index contributed by atoms with van der Waals surface area (Å²) in [7, 11) is -2.76. The van der Waals surface area contributed by atoms with Gasteiger partial charge in [0.05, 0.1) is 17.2 Å². The molecule has 1 N–H and O–H groups in total. The number of ether oxygens (including phenoxy) is 1. The number of carbonyl (C=O) groups excluding carboxylic acids is 2. The molecule has 1 atom stereocenters. The van der Waals surface area contributed by atoms with E-state index in [0.29, 0.717) is 22.9 Å². The molecule has 0 unspecified atom stereocenters. The van der Waals surface area contributed by atoms with Crippen molar-refractivity contribution in [3.05, 3.63) is 89.2 Å². The van der Waals surface area contributed by atoms with E-state index in [0.717, 1.165) is 4.31 Å². The molecule has 0 heterocycles. The lowest BCUT2D eigenvalue weighted by Crippen LogP contribution is -2.51. The standard InChI is InChI=1S/C28H31ClFN3O5S/c1-4-26(28(35)31-3)32(18-20-6-10-22(30)11-7-20)27(34)19-33(23-12-14-24(15-13-23)38-5-2)39(36,37)25-16-8-21(29)9-17-25/h6-17,26H,4-5,18-19H2,1-3H3,(H,31,35)/t26-/m1/s1. The first-order chi connectivity index (χ1) is 18.6. The monoisotopic (exact) mass is 575 g/mol. The third-order valence-electron chi connectivity index (χ3n) is 6.01. The fourth-order valence-corrected chi connectivity index (χ4v) is 5.55. The van der Waals surface area contributed by atoms with Gasteiger partial charge in [0.2, 0.25) is 11.8 Å². The lowest BCUT2D eigenvalue weighted by molar-refractivity contribution is -0.140. The van der Waals surface area contributed by atoms with Crippen LogP contribution in [0.1, 0.15) is 25.8 Å². The van der Waals surface area contributed by atoms with Crippen LogP contribution in [0.4, 0.5) is 10.1 Å². The average molecular weight is 576 g/mol. The minimum absolute atomic E-state index is 0.0247. The minimum Gasteiger partial charge on any atom is -0.494 e. The van der Waals surface area contributed by atoms with E-state index in [1.807, 2.05) is 6.92 Å². The molecule has 3 aromatic rings. The number of carbonyl (C=O) groups is 2. The summed E-state index contributed by atoms with van der Waals surface area (Å²) in [6.45, 7) is 3.40. The number of likely N-dealkylation sites (N-methyl/N-ethyl adjacent to an activating group) is 1. The maximum atomic E-state index is 13.8. The Hall–Kier alpha value is -3.63. The molecule has 0 radical (unpaired) electrons. The molecule has 3 aromatic carbocycles. The number of halogens is 2. The van der Waals surface area contributed by atoms with Crippen LogP contribution in [0.25, 0.3) is 0 Å².